The summed E-state index contributed by atoms with van der Waals surface area (Å²) in [4.78, 5) is 18.0. The van der Waals surface area contributed by atoms with E-state index in [0.29, 0.717) is 10.7 Å². The third-order valence-corrected chi connectivity index (χ3v) is 4.86. The zero-order valence-corrected chi connectivity index (χ0v) is 12.9. The van der Waals surface area contributed by atoms with Gasteiger partial charge in [0, 0.05) is 16.5 Å². The molecule has 0 bridgehead atoms. The number of aryl methyl sites for hydroxylation is 2. The SMILES string of the molecule is CCc1ccc(C(=O)Nc2nc3c(s2)C[C@@H](N)CC3)cc1. The molecule has 1 aliphatic carbocycles. The molecule has 1 aliphatic rings. The number of anilines is 1. The summed E-state index contributed by atoms with van der Waals surface area (Å²) in [5.41, 5.74) is 8.96. The first kappa shape index (κ1) is 14.2. The van der Waals surface area contributed by atoms with Crippen molar-refractivity contribution in [3.8, 4) is 0 Å². The molecule has 2 aromatic rings. The van der Waals surface area contributed by atoms with Crippen molar-refractivity contribution in [1.82, 2.24) is 4.98 Å². The molecule has 0 unspecified atom stereocenters. The van der Waals surface area contributed by atoms with Gasteiger partial charge in [-0.2, -0.15) is 0 Å². The maximum Gasteiger partial charge on any atom is 0.257 e. The highest BCUT2D eigenvalue weighted by atomic mass is 32.1. The first-order chi connectivity index (χ1) is 10.2. The van der Waals surface area contributed by atoms with Crippen molar-refractivity contribution in [2.45, 2.75) is 38.6 Å². The third kappa shape index (κ3) is 3.14. The van der Waals surface area contributed by atoms with E-state index in [1.807, 2.05) is 24.3 Å². The van der Waals surface area contributed by atoms with Gasteiger partial charge in [0.15, 0.2) is 5.13 Å². The Balaban J connectivity index is 1.72. The van der Waals surface area contributed by atoms with E-state index in [9.17, 15) is 4.79 Å². The predicted octanol–water partition coefficient (Wildman–Crippen LogP) is 2.77. The molecule has 0 radical (unpaired) electrons. The standard InChI is InChI=1S/C16H19N3OS/c1-2-10-3-5-11(6-4-10)15(20)19-16-18-13-8-7-12(17)9-14(13)21-16/h3-6,12H,2,7-9,17H2,1H3,(H,18,19,20)/t12-/m0/s1. The monoisotopic (exact) mass is 301 g/mol. The second-order valence-corrected chi connectivity index (χ2v) is 6.48. The summed E-state index contributed by atoms with van der Waals surface area (Å²) in [7, 11) is 0. The molecule has 0 saturated heterocycles. The van der Waals surface area contributed by atoms with Crippen LogP contribution in [0.2, 0.25) is 0 Å². The Morgan fingerprint density at radius 2 is 2.19 bits per heavy atom. The van der Waals surface area contributed by atoms with E-state index in [1.54, 1.807) is 11.3 Å². The molecule has 5 heteroatoms. The summed E-state index contributed by atoms with van der Waals surface area (Å²) in [6.45, 7) is 2.10. The molecule has 1 heterocycles. The smallest absolute Gasteiger partial charge is 0.257 e. The van der Waals surface area contributed by atoms with Crippen molar-refractivity contribution in [3.05, 3.63) is 46.0 Å². The van der Waals surface area contributed by atoms with Gasteiger partial charge in [0.2, 0.25) is 0 Å². The van der Waals surface area contributed by atoms with Crippen LogP contribution in [0.5, 0.6) is 0 Å². The molecule has 110 valence electrons. The summed E-state index contributed by atoms with van der Waals surface area (Å²) in [5, 5.41) is 3.57. The minimum Gasteiger partial charge on any atom is -0.327 e. The van der Waals surface area contributed by atoms with Crippen molar-refractivity contribution in [2.24, 2.45) is 5.73 Å². The number of nitrogens with two attached hydrogens (primary N) is 1. The first-order valence-corrected chi connectivity index (χ1v) is 8.12. The highest BCUT2D eigenvalue weighted by Crippen LogP contribution is 2.29. The summed E-state index contributed by atoms with van der Waals surface area (Å²) in [6, 6.07) is 7.92. The quantitative estimate of drug-likeness (QED) is 0.916. The minimum absolute atomic E-state index is 0.104. The lowest BCUT2D eigenvalue weighted by Gasteiger charge is -2.15. The molecule has 1 aromatic heterocycles. The number of nitrogens with zero attached hydrogens (tertiary/aromatic N) is 1. The Bertz CT molecular complexity index is 648. The Morgan fingerprint density at radius 1 is 1.43 bits per heavy atom. The number of fused-ring (bicyclic) bond motifs is 1. The van der Waals surface area contributed by atoms with E-state index in [1.165, 1.54) is 10.4 Å². The van der Waals surface area contributed by atoms with Crippen molar-refractivity contribution in [2.75, 3.05) is 5.32 Å². The summed E-state index contributed by atoms with van der Waals surface area (Å²) >= 11 is 1.55. The first-order valence-electron chi connectivity index (χ1n) is 7.30. The van der Waals surface area contributed by atoms with Gasteiger partial charge in [0.25, 0.3) is 5.91 Å². The molecular formula is C16H19N3OS. The van der Waals surface area contributed by atoms with Gasteiger partial charge in [-0.15, -0.1) is 11.3 Å². The topological polar surface area (TPSA) is 68.0 Å². The molecular weight excluding hydrogens is 282 g/mol. The van der Waals surface area contributed by atoms with Gasteiger partial charge in [-0.3, -0.25) is 10.1 Å². The molecule has 1 aromatic carbocycles. The number of amides is 1. The van der Waals surface area contributed by atoms with Crippen LogP contribution in [-0.2, 0) is 19.3 Å². The zero-order chi connectivity index (χ0) is 14.8. The number of aromatic nitrogens is 1. The molecule has 1 atom stereocenters. The fraction of sp³-hybridized carbons (Fsp3) is 0.375. The maximum atomic E-state index is 12.2. The van der Waals surface area contributed by atoms with Crippen LogP contribution in [0, 0.1) is 0 Å². The van der Waals surface area contributed by atoms with Crippen molar-refractivity contribution in [1.29, 1.82) is 0 Å². The van der Waals surface area contributed by atoms with Crippen LogP contribution < -0.4 is 11.1 Å². The Labute approximate surface area is 128 Å². The van der Waals surface area contributed by atoms with Crippen LogP contribution in [0.3, 0.4) is 0 Å². The Hall–Kier alpha value is -1.72. The average Bonchev–Trinajstić information content (AvgIpc) is 2.88. The van der Waals surface area contributed by atoms with Crippen LogP contribution in [0.4, 0.5) is 5.13 Å². The van der Waals surface area contributed by atoms with Crippen LogP contribution in [0.1, 0.15) is 39.8 Å². The lowest BCUT2D eigenvalue weighted by atomic mass is 9.99. The van der Waals surface area contributed by atoms with Gasteiger partial charge in [0.1, 0.15) is 0 Å². The number of benzene rings is 1. The van der Waals surface area contributed by atoms with E-state index < -0.39 is 0 Å². The van der Waals surface area contributed by atoms with Crippen LogP contribution in [0.25, 0.3) is 0 Å². The third-order valence-electron chi connectivity index (χ3n) is 3.82. The van der Waals surface area contributed by atoms with Crippen LogP contribution >= 0.6 is 11.3 Å². The van der Waals surface area contributed by atoms with Crippen molar-refractivity contribution in [3.63, 3.8) is 0 Å². The van der Waals surface area contributed by atoms with Crippen molar-refractivity contribution < 1.29 is 4.79 Å². The van der Waals surface area contributed by atoms with Gasteiger partial charge >= 0.3 is 0 Å². The van der Waals surface area contributed by atoms with Gasteiger partial charge in [-0.1, -0.05) is 19.1 Å². The zero-order valence-electron chi connectivity index (χ0n) is 12.1. The fourth-order valence-corrected chi connectivity index (χ4v) is 3.61. The molecule has 0 spiro atoms. The average molecular weight is 301 g/mol. The number of hydrogen-bond donors (Lipinski definition) is 2. The van der Waals surface area contributed by atoms with E-state index in [2.05, 4.69) is 17.2 Å². The molecule has 21 heavy (non-hydrogen) atoms. The largest absolute Gasteiger partial charge is 0.327 e. The number of carbonyl (C=O) groups excluding carboxylic acids is 1. The van der Waals surface area contributed by atoms with Gasteiger partial charge in [0.05, 0.1) is 5.69 Å². The lowest BCUT2D eigenvalue weighted by molar-refractivity contribution is 0.102. The summed E-state index contributed by atoms with van der Waals surface area (Å²) in [6.07, 6.45) is 3.73. The van der Waals surface area contributed by atoms with Crippen molar-refractivity contribution >= 4 is 22.4 Å². The number of hydrogen-bond acceptors (Lipinski definition) is 4. The highest BCUT2D eigenvalue weighted by Gasteiger charge is 2.20. The highest BCUT2D eigenvalue weighted by molar-refractivity contribution is 7.15. The number of carbonyl (C=O) groups is 1. The second-order valence-electron chi connectivity index (χ2n) is 5.40. The van der Waals surface area contributed by atoms with Gasteiger partial charge < -0.3 is 5.73 Å². The van der Waals surface area contributed by atoms with Crippen LogP contribution in [0.15, 0.2) is 24.3 Å². The molecule has 3 N–H and O–H groups in total. The number of nitrogens with one attached hydrogen (secondary N) is 1. The Kier molecular flexibility index (Phi) is 4.03. The summed E-state index contributed by atoms with van der Waals surface area (Å²) in [5.74, 6) is -0.104. The molecule has 3 rings (SSSR count). The fourth-order valence-electron chi connectivity index (χ4n) is 2.52. The number of thiazole rings is 1. The van der Waals surface area contributed by atoms with E-state index in [4.69, 9.17) is 5.73 Å². The van der Waals surface area contributed by atoms with Gasteiger partial charge in [-0.25, -0.2) is 4.98 Å². The Morgan fingerprint density at radius 3 is 2.90 bits per heavy atom. The molecule has 1 amide bonds. The normalized spacial score (nSPS) is 17.3. The van der Waals surface area contributed by atoms with E-state index >= 15 is 0 Å². The lowest BCUT2D eigenvalue weighted by Crippen LogP contribution is -2.27. The van der Waals surface area contributed by atoms with E-state index in [-0.39, 0.29) is 11.9 Å². The predicted molar refractivity (Wildman–Crippen MR) is 85.9 cm³/mol. The molecule has 0 fully saturated rings. The van der Waals surface area contributed by atoms with E-state index in [0.717, 1.165) is 31.4 Å². The maximum absolute atomic E-state index is 12.2. The summed E-state index contributed by atoms with van der Waals surface area (Å²) < 4.78 is 0. The molecule has 0 saturated carbocycles. The minimum atomic E-state index is -0.104. The molecule has 0 aliphatic heterocycles. The molecule has 4 nitrogen and oxygen atoms in total. The number of rotatable bonds is 3. The van der Waals surface area contributed by atoms with Crippen LogP contribution in [-0.4, -0.2) is 16.9 Å². The second kappa shape index (κ2) is 5.95. The van der Waals surface area contributed by atoms with Gasteiger partial charge in [-0.05, 0) is 43.4 Å².